The van der Waals surface area contributed by atoms with Crippen LogP contribution >= 0.6 is 11.6 Å². The van der Waals surface area contributed by atoms with Gasteiger partial charge in [0, 0.05) is 12.1 Å². The highest BCUT2D eigenvalue weighted by Crippen LogP contribution is 2.30. The van der Waals surface area contributed by atoms with Gasteiger partial charge >= 0.3 is 0 Å². The van der Waals surface area contributed by atoms with Gasteiger partial charge in [-0.2, -0.15) is 0 Å². The second-order valence-corrected chi connectivity index (χ2v) is 7.88. The van der Waals surface area contributed by atoms with E-state index in [1.165, 1.54) is 42.5 Å². The molecule has 4 rings (SSSR count). The second-order valence-electron chi connectivity index (χ2n) is 7.47. The first kappa shape index (κ1) is 23.8. The molecule has 1 aromatic heterocycles. The number of halogens is 2. The van der Waals surface area contributed by atoms with Gasteiger partial charge in [0.25, 0.3) is 11.6 Å². The lowest BCUT2D eigenvalue weighted by Crippen LogP contribution is -2.11. The quantitative estimate of drug-likeness (QED) is 0.210. The summed E-state index contributed by atoms with van der Waals surface area (Å²) in [5.74, 6) is 0.0894. The van der Waals surface area contributed by atoms with Gasteiger partial charge in [-0.3, -0.25) is 14.9 Å². The van der Waals surface area contributed by atoms with Crippen LogP contribution in [0, 0.1) is 22.9 Å². The number of nitro groups is 1. The van der Waals surface area contributed by atoms with Crippen molar-refractivity contribution in [1.82, 2.24) is 0 Å². The highest BCUT2D eigenvalue weighted by molar-refractivity contribution is 6.32. The molecular weight excluding hydrogens is 479 g/mol. The molecule has 0 saturated carbocycles. The Bertz CT molecular complexity index is 1390. The standard InChI is InChI=1S/C25H18ClFN2O6/c1-15-2-5-19(6-3-15)34-21-12-17(11-18(13-21)29(31)32)28-25(30)24-9-7-20(35-24)14-33-23-8-4-16(27)10-22(23)26/h2-13H,14H2,1H3,(H,28,30). The largest absolute Gasteiger partial charge is 0.484 e. The lowest BCUT2D eigenvalue weighted by molar-refractivity contribution is -0.384. The van der Waals surface area contributed by atoms with E-state index in [4.69, 9.17) is 25.5 Å². The Morgan fingerprint density at radius 2 is 1.83 bits per heavy atom. The van der Waals surface area contributed by atoms with E-state index in [0.717, 1.165) is 11.6 Å². The Labute approximate surface area is 204 Å². The molecule has 4 aromatic rings. The van der Waals surface area contributed by atoms with Crippen molar-refractivity contribution in [2.75, 3.05) is 5.32 Å². The normalized spacial score (nSPS) is 10.6. The van der Waals surface area contributed by atoms with Gasteiger partial charge in [-0.15, -0.1) is 0 Å². The molecule has 1 heterocycles. The number of ether oxygens (including phenoxy) is 2. The number of anilines is 1. The Morgan fingerprint density at radius 3 is 2.54 bits per heavy atom. The monoisotopic (exact) mass is 496 g/mol. The molecule has 0 unspecified atom stereocenters. The van der Waals surface area contributed by atoms with Gasteiger partial charge in [0.05, 0.1) is 21.7 Å². The molecule has 10 heteroatoms. The van der Waals surface area contributed by atoms with E-state index in [0.29, 0.717) is 11.5 Å². The van der Waals surface area contributed by atoms with E-state index in [1.54, 1.807) is 12.1 Å². The SMILES string of the molecule is Cc1ccc(Oc2cc(NC(=O)c3ccc(COc4ccc(F)cc4Cl)o3)cc([N+](=O)[O-])c2)cc1. The van der Waals surface area contributed by atoms with Crippen LogP contribution in [0.25, 0.3) is 0 Å². The predicted octanol–water partition coefficient (Wildman–Crippen LogP) is 6.91. The molecule has 0 atom stereocenters. The van der Waals surface area contributed by atoms with Crippen LogP contribution in [0.4, 0.5) is 15.8 Å². The number of benzene rings is 3. The minimum Gasteiger partial charge on any atom is -0.484 e. The lowest BCUT2D eigenvalue weighted by Gasteiger charge is -2.09. The number of hydrogen-bond donors (Lipinski definition) is 1. The van der Waals surface area contributed by atoms with Crippen LogP contribution in [-0.2, 0) is 6.61 Å². The van der Waals surface area contributed by atoms with Crippen molar-refractivity contribution in [3.8, 4) is 17.2 Å². The van der Waals surface area contributed by atoms with E-state index in [2.05, 4.69) is 5.32 Å². The van der Waals surface area contributed by atoms with Gasteiger partial charge in [-0.05, 0) is 49.4 Å². The van der Waals surface area contributed by atoms with Crippen molar-refractivity contribution in [2.45, 2.75) is 13.5 Å². The average Bonchev–Trinajstić information content (AvgIpc) is 3.29. The third-order valence-corrected chi connectivity index (χ3v) is 5.06. The molecule has 0 saturated heterocycles. The summed E-state index contributed by atoms with van der Waals surface area (Å²) >= 11 is 5.93. The Morgan fingerprint density at radius 1 is 1.06 bits per heavy atom. The molecule has 0 fully saturated rings. The number of carbonyl (C=O) groups excluding carboxylic acids is 1. The zero-order chi connectivity index (χ0) is 24.9. The highest BCUT2D eigenvalue weighted by atomic mass is 35.5. The van der Waals surface area contributed by atoms with Crippen molar-refractivity contribution < 1.29 is 28.0 Å². The number of hydrogen-bond acceptors (Lipinski definition) is 6. The highest BCUT2D eigenvalue weighted by Gasteiger charge is 2.17. The van der Waals surface area contributed by atoms with Crippen LogP contribution in [0.15, 0.2) is 77.2 Å². The molecule has 3 aromatic carbocycles. The molecule has 8 nitrogen and oxygen atoms in total. The van der Waals surface area contributed by atoms with Crippen LogP contribution < -0.4 is 14.8 Å². The summed E-state index contributed by atoms with van der Waals surface area (Å²) < 4.78 is 29.9. The van der Waals surface area contributed by atoms with Crippen LogP contribution in [0.1, 0.15) is 21.9 Å². The van der Waals surface area contributed by atoms with Crippen LogP contribution in [0.5, 0.6) is 17.2 Å². The molecule has 0 aliphatic rings. The van der Waals surface area contributed by atoms with Crippen LogP contribution in [-0.4, -0.2) is 10.8 Å². The molecule has 0 aliphatic carbocycles. The maximum Gasteiger partial charge on any atom is 0.291 e. The van der Waals surface area contributed by atoms with Gasteiger partial charge in [0.1, 0.15) is 35.4 Å². The zero-order valence-electron chi connectivity index (χ0n) is 18.3. The van der Waals surface area contributed by atoms with Crippen molar-refractivity contribution in [2.24, 2.45) is 0 Å². The van der Waals surface area contributed by atoms with E-state index in [1.807, 2.05) is 19.1 Å². The van der Waals surface area contributed by atoms with Crippen molar-refractivity contribution in [3.63, 3.8) is 0 Å². The molecule has 35 heavy (non-hydrogen) atoms. The maximum absolute atomic E-state index is 13.2. The maximum atomic E-state index is 13.2. The van der Waals surface area contributed by atoms with Gasteiger partial charge in [-0.25, -0.2) is 4.39 Å². The van der Waals surface area contributed by atoms with Crippen molar-refractivity contribution in [3.05, 3.63) is 111 Å². The van der Waals surface area contributed by atoms with E-state index in [-0.39, 0.29) is 40.3 Å². The summed E-state index contributed by atoms with van der Waals surface area (Å²) in [4.78, 5) is 23.4. The number of aryl methyl sites for hydroxylation is 1. The van der Waals surface area contributed by atoms with E-state index in [9.17, 15) is 19.3 Å². The third-order valence-electron chi connectivity index (χ3n) is 4.77. The number of rotatable bonds is 8. The summed E-state index contributed by atoms with van der Waals surface area (Å²) in [6.07, 6.45) is 0. The molecular formula is C25H18ClFN2O6. The predicted molar refractivity (Wildman–Crippen MR) is 127 cm³/mol. The zero-order valence-corrected chi connectivity index (χ0v) is 19.0. The topological polar surface area (TPSA) is 104 Å². The minimum absolute atomic E-state index is 0.0405. The van der Waals surface area contributed by atoms with Crippen LogP contribution in [0.3, 0.4) is 0 Å². The third kappa shape index (κ3) is 6.15. The molecule has 0 radical (unpaired) electrons. The first-order valence-corrected chi connectivity index (χ1v) is 10.7. The van der Waals surface area contributed by atoms with Gasteiger partial charge in [0.2, 0.25) is 0 Å². The molecule has 0 spiro atoms. The average molecular weight is 497 g/mol. The summed E-state index contributed by atoms with van der Waals surface area (Å²) in [6.45, 7) is 1.87. The molecule has 178 valence electrons. The summed E-state index contributed by atoms with van der Waals surface area (Å²) in [5.41, 5.74) is 0.932. The number of non-ortho nitro benzene ring substituents is 1. The minimum atomic E-state index is -0.627. The van der Waals surface area contributed by atoms with E-state index >= 15 is 0 Å². The van der Waals surface area contributed by atoms with Gasteiger partial charge in [0.15, 0.2) is 5.76 Å². The number of nitro benzene ring substituents is 1. The smallest absolute Gasteiger partial charge is 0.291 e. The molecule has 1 amide bonds. The van der Waals surface area contributed by atoms with Crippen molar-refractivity contribution in [1.29, 1.82) is 0 Å². The number of carbonyl (C=O) groups is 1. The molecule has 0 bridgehead atoms. The fourth-order valence-corrected chi connectivity index (χ4v) is 3.30. The Hall–Kier alpha value is -4.37. The number of amides is 1. The second kappa shape index (κ2) is 10.3. The Balaban J connectivity index is 1.46. The first-order chi connectivity index (χ1) is 16.8. The summed E-state index contributed by atoms with van der Waals surface area (Å²) in [6, 6.07) is 17.8. The van der Waals surface area contributed by atoms with Crippen molar-refractivity contribution >= 4 is 28.9 Å². The van der Waals surface area contributed by atoms with Gasteiger partial charge in [-0.1, -0.05) is 29.3 Å². The van der Waals surface area contributed by atoms with Gasteiger partial charge < -0.3 is 19.2 Å². The number of furan rings is 1. The first-order valence-electron chi connectivity index (χ1n) is 10.3. The molecule has 0 aliphatic heterocycles. The fraction of sp³-hybridized carbons (Fsp3) is 0.0800. The summed E-state index contributed by atoms with van der Waals surface area (Å²) in [7, 11) is 0. The lowest BCUT2D eigenvalue weighted by atomic mass is 10.2. The van der Waals surface area contributed by atoms with Crippen LogP contribution in [0.2, 0.25) is 5.02 Å². The fourth-order valence-electron chi connectivity index (χ4n) is 3.07. The molecule has 1 N–H and O–H groups in total. The number of nitrogens with one attached hydrogen (secondary N) is 1. The summed E-state index contributed by atoms with van der Waals surface area (Å²) in [5, 5.41) is 14.0. The number of nitrogens with zero attached hydrogens (tertiary/aromatic N) is 1. The van der Waals surface area contributed by atoms with E-state index < -0.39 is 16.6 Å². The Kier molecular flexibility index (Phi) is 6.98.